The summed E-state index contributed by atoms with van der Waals surface area (Å²) in [5.74, 6) is 1.39. The van der Waals surface area contributed by atoms with Gasteiger partial charge in [-0.15, -0.1) is 0 Å². The van der Waals surface area contributed by atoms with Crippen molar-refractivity contribution in [1.29, 1.82) is 0 Å². The van der Waals surface area contributed by atoms with Gasteiger partial charge in [-0.25, -0.2) is 9.80 Å². The normalized spacial score (nSPS) is 20.4. The number of benzene rings is 2. The molecule has 3 heterocycles. The fourth-order valence-electron chi connectivity index (χ4n) is 3.84. The third-order valence-electron chi connectivity index (χ3n) is 5.24. The van der Waals surface area contributed by atoms with Crippen molar-refractivity contribution in [3.05, 3.63) is 71.6 Å². The van der Waals surface area contributed by atoms with Gasteiger partial charge < -0.3 is 14.1 Å². The summed E-state index contributed by atoms with van der Waals surface area (Å²) < 4.78 is 16.6. The van der Waals surface area contributed by atoms with E-state index in [0.29, 0.717) is 28.7 Å². The van der Waals surface area contributed by atoms with Crippen molar-refractivity contribution in [2.45, 2.75) is 19.9 Å². The van der Waals surface area contributed by atoms with Crippen LogP contribution in [0.3, 0.4) is 0 Å². The molecule has 1 aromatic heterocycles. The predicted octanol–water partition coefficient (Wildman–Crippen LogP) is 3.17. The summed E-state index contributed by atoms with van der Waals surface area (Å²) in [6.07, 6.45) is 0. The molecule has 0 saturated carbocycles. The van der Waals surface area contributed by atoms with Crippen LogP contribution in [0.1, 0.15) is 17.0 Å². The molecule has 1 unspecified atom stereocenters. The smallest absolute Gasteiger partial charge is 0.422 e. The number of aromatic nitrogens is 1. The number of rotatable bonds is 4. The van der Waals surface area contributed by atoms with Crippen LogP contribution in [-0.4, -0.2) is 36.7 Å². The Morgan fingerprint density at radius 1 is 1.03 bits per heavy atom. The first-order chi connectivity index (χ1) is 15.0. The quantitative estimate of drug-likeness (QED) is 0.640. The van der Waals surface area contributed by atoms with E-state index in [1.807, 2.05) is 54.6 Å². The molecule has 9 nitrogen and oxygen atoms in total. The van der Waals surface area contributed by atoms with Crippen LogP contribution in [0.25, 0.3) is 0 Å². The van der Waals surface area contributed by atoms with Crippen LogP contribution in [0.2, 0.25) is 0 Å². The van der Waals surface area contributed by atoms with Crippen LogP contribution in [0.5, 0.6) is 5.75 Å². The molecule has 1 atom stereocenters. The average molecular weight is 420 g/mol. The third kappa shape index (κ3) is 2.85. The van der Waals surface area contributed by atoms with Gasteiger partial charge in [0.05, 0.1) is 12.8 Å². The van der Waals surface area contributed by atoms with Crippen molar-refractivity contribution in [2.24, 2.45) is 5.16 Å². The van der Waals surface area contributed by atoms with E-state index in [2.05, 4.69) is 10.3 Å². The minimum absolute atomic E-state index is 0.182. The molecule has 158 valence electrons. The number of hydrogen-bond donors (Lipinski definition) is 0. The fraction of sp³-hybridized carbons (Fsp3) is 0.227. The van der Waals surface area contributed by atoms with E-state index in [4.69, 9.17) is 18.8 Å². The molecular formula is C22H20N4O5. The van der Waals surface area contributed by atoms with Crippen molar-refractivity contribution >= 4 is 23.1 Å². The summed E-state index contributed by atoms with van der Waals surface area (Å²) >= 11 is 0. The SMILES string of the molecule is COc1ccc(C2=NOC3(OCC(=O)N3c3c(C)noc3C)N2c2ccccc2)cc1. The maximum Gasteiger partial charge on any atom is 0.422 e. The monoisotopic (exact) mass is 420 g/mol. The van der Waals surface area contributed by atoms with Crippen LogP contribution in [0.4, 0.5) is 11.4 Å². The Kier molecular flexibility index (Phi) is 4.40. The first-order valence-electron chi connectivity index (χ1n) is 9.71. The lowest BCUT2D eigenvalue weighted by molar-refractivity contribution is -0.188. The molecule has 0 bridgehead atoms. The van der Waals surface area contributed by atoms with E-state index in [1.54, 1.807) is 25.9 Å². The molecule has 1 spiro atoms. The number of ether oxygens (including phenoxy) is 2. The number of carbonyl (C=O) groups excluding carboxylic acids is 1. The third-order valence-corrected chi connectivity index (χ3v) is 5.24. The largest absolute Gasteiger partial charge is 0.497 e. The molecule has 0 radical (unpaired) electrons. The molecule has 1 amide bonds. The Bertz CT molecular complexity index is 1140. The highest BCUT2D eigenvalue weighted by atomic mass is 16.8. The van der Waals surface area contributed by atoms with Crippen molar-refractivity contribution in [3.8, 4) is 5.75 Å². The minimum Gasteiger partial charge on any atom is -0.497 e. The highest BCUT2D eigenvalue weighted by molar-refractivity contribution is 6.13. The molecule has 0 N–H and O–H groups in total. The molecule has 31 heavy (non-hydrogen) atoms. The van der Waals surface area contributed by atoms with Gasteiger partial charge in [0, 0.05) is 5.56 Å². The van der Waals surface area contributed by atoms with Gasteiger partial charge >= 0.3 is 6.03 Å². The van der Waals surface area contributed by atoms with Crippen LogP contribution in [0.15, 0.2) is 64.3 Å². The molecule has 1 saturated heterocycles. The molecular weight excluding hydrogens is 400 g/mol. The van der Waals surface area contributed by atoms with E-state index in [1.165, 1.54) is 4.90 Å². The number of aryl methyl sites for hydroxylation is 2. The molecule has 2 aromatic carbocycles. The topological polar surface area (TPSA) is 89.6 Å². The zero-order chi connectivity index (χ0) is 21.6. The number of oxime groups is 1. The molecule has 9 heteroatoms. The number of para-hydroxylation sites is 1. The second-order valence-corrected chi connectivity index (χ2v) is 7.14. The van der Waals surface area contributed by atoms with Crippen molar-refractivity contribution < 1.29 is 23.6 Å². The number of methoxy groups -OCH3 is 1. The van der Waals surface area contributed by atoms with Gasteiger partial charge in [-0.3, -0.25) is 9.53 Å². The van der Waals surface area contributed by atoms with Crippen LogP contribution >= 0.6 is 0 Å². The standard InChI is InChI=1S/C22H20N4O5/c1-14-20(15(2)30-23-14)26-19(27)13-29-22(26)25(17-7-5-4-6-8-17)21(24-31-22)16-9-11-18(28-3)12-10-16/h4-12H,13H2,1-3H3. The summed E-state index contributed by atoms with van der Waals surface area (Å²) in [6.45, 7) is 3.32. The lowest BCUT2D eigenvalue weighted by atomic mass is 10.1. The highest BCUT2D eigenvalue weighted by Crippen LogP contribution is 2.44. The van der Waals surface area contributed by atoms with E-state index in [-0.39, 0.29) is 12.5 Å². The summed E-state index contributed by atoms with van der Waals surface area (Å²) in [7, 11) is 1.61. The summed E-state index contributed by atoms with van der Waals surface area (Å²) in [4.78, 5) is 22.1. The van der Waals surface area contributed by atoms with Crippen molar-refractivity contribution in [3.63, 3.8) is 0 Å². The number of carbonyl (C=O) groups is 1. The molecule has 3 aromatic rings. The second-order valence-electron chi connectivity index (χ2n) is 7.14. The second kappa shape index (κ2) is 7.13. The van der Waals surface area contributed by atoms with Crippen LogP contribution in [0, 0.1) is 13.8 Å². The first kappa shape index (κ1) is 19.1. The predicted molar refractivity (Wildman–Crippen MR) is 112 cm³/mol. The molecule has 5 rings (SSSR count). The number of amidine groups is 1. The first-order valence-corrected chi connectivity index (χ1v) is 9.71. The van der Waals surface area contributed by atoms with E-state index < -0.39 is 6.03 Å². The number of hydrogen-bond acceptors (Lipinski definition) is 8. The van der Waals surface area contributed by atoms with Gasteiger partial charge in [-0.2, -0.15) is 0 Å². The van der Waals surface area contributed by atoms with E-state index >= 15 is 0 Å². The van der Waals surface area contributed by atoms with Crippen molar-refractivity contribution in [2.75, 3.05) is 23.5 Å². The zero-order valence-electron chi connectivity index (χ0n) is 17.2. The van der Waals surface area contributed by atoms with Gasteiger partial charge in [-0.1, -0.05) is 28.5 Å². The number of amides is 1. The van der Waals surface area contributed by atoms with Crippen LogP contribution in [-0.2, 0) is 14.4 Å². The Balaban J connectivity index is 1.67. The van der Waals surface area contributed by atoms with Gasteiger partial charge in [0.25, 0.3) is 5.91 Å². The molecule has 2 aliphatic heterocycles. The van der Waals surface area contributed by atoms with Crippen LogP contribution < -0.4 is 14.5 Å². The maximum absolute atomic E-state index is 13.0. The maximum atomic E-state index is 13.0. The van der Waals surface area contributed by atoms with Crippen molar-refractivity contribution in [1.82, 2.24) is 5.16 Å². The lowest BCUT2D eigenvalue weighted by Gasteiger charge is -2.37. The number of nitrogens with zero attached hydrogens (tertiary/aromatic N) is 4. The molecule has 1 fully saturated rings. The summed E-state index contributed by atoms with van der Waals surface area (Å²) in [6, 6.07) is 15.2. The van der Waals surface area contributed by atoms with Gasteiger partial charge in [0.15, 0.2) is 11.6 Å². The Hall–Kier alpha value is -3.85. The van der Waals surface area contributed by atoms with E-state index in [0.717, 1.165) is 11.3 Å². The molecule has 0 aliphatic carbocycles. The fourth-order valence-corrected chi connectivity index (χ4v) is 3.84. The Morgan fingerprint density at radius 2 is 1.77 bits per heavy atom. The Labute approximate surface area is 178 Å². The lowest BCUT2D eigenvalue weighted by Crippen LogP contribution is -2.60. The summed E-state index contributed by atoms with van der Waals surface area (Å²) in [5, 5.41) is 8.33. The summed E-state index contributed by atoms with van der Waals surface area (Å²) in [5.41, 5.74) is 2.55. The van der Waals surface area contributed by atoms with E-state index in [9.17, 15) is 4.79 Å². The molecule has 2 aliphatic rings. The zero-order valence-corrected chi connectivity index (χ0v) is 17.2. The van der Waals surface area contributed by atoms with Gasteiger partial charge in [0.1, 0.15) is 23.7 Å². The van der Waals surface area contributed by atoms with Gasteiger partial charge in [-0.05, 0) is 50.2 Å². The highest BCUT2D eigenvalue weighted by Gasteiger charge is 2.62. The average Bonchev–Trinajstić information content (AvgIpc) is 3.45. The Morgan fingerprint density at radius 3 is 2.42 bits per heavy atom. The number of anilines is 2. The van der Waals surface area contributed by atoms with Gasteiger partial charge in [0.2, 0.25) is 0 Å². The minimum atomic E-state index is -1.64.